The van der Waals surface area contributed by atoms with Gasteiger partial charge in [-0.2, -0.15) is 0 Å². The highest BCUT2D eigenvalue weighted by Crippen LogP contribution is 2.21. The number of benzene rings is 1. The van der Waals surface area contributed by atoms with Gasteiger partial charge in [0.2, 0.25) is 0 Å². The van der Waals surface area contributed by atoms with Gasteiger partial charge < -0.3 is 15.2 Å². The molecule has 6 heteroatoms. The van der Waals surface area contributed by atoms with Crippen LogP contribution in [-0.4, -0.2) is 18.0 Å². The van der Waals surface area contributed by atoms with Crippen LogP contribution in [0.2, 0.25) is 0 Å². The number of carbonyl (C=O) groups excluding carboxylic acids is 2. The van der Waals surface area contributed by atoms with Crippen LogP contribution in [0.15, 0.2) is 36.4 Å². The summed E-state index contributed by atoms with van der Waals surface area (Å²) < 4.78 is 10.6. The predicted octanol–water partition coefficient (Wildman–Crippen LogP) is 2.53. The Morgan fingerprint density at radius 1 is 1.10 bits per heavy atom. The molecular weight excluding hydrogens is 290 g/mol. The number of nitrogens with two attached hydrogens (primary N) is 1. The SMILES string of the molecule is Cc1ccc(C(=O)Oc2ccc(OC(C)C(N)=O)cc2)s1. The smallest absolute Gasteiger partial charge is 0.353 e. The van der Waals surface area contributed by atoms with E-state index in [9.17, 15) is 9.59 Å². The van der Waals surface area contributed by atoms with E-state index in [1.165, 1.54) is 11.3 Å². The molecule has 0 saturated carbocycles. The minimum atomic E-state index is -0.715. The van der Waals surface area contributed by atoms with Crippen LogP contribution in [0.3, 0.4) is 0 Å². The first-order valence-corrected chi connectivity index (χ1v) is 7.12. The highest BCUT2D eigenvalue weighted by atomic mass is 32.1. The normalized spacial score (nSPS) is 11.7. The molecule has 1 amide bonds. The summed E-state index contributed by atoms with van der Waals surface area (Å²) in [6.07, 6.45) is -0.715. The summed E-state index contributed by atoms with van der Waals surface area (Å²) in [5.74, 6) is -0.0518. The van der Waals surface area contributed by atoms with Crippen LogP contribution >= 0.6 is 11.3 Å². The van der Waals surface area contributed by atoms with Crippen molar-refractivity contribution in [3.05, 3.63) is 46.2 Å². The number of rotatable bonds is 5. The molecule has 1 aromatic heterocycles. The van der Waals surface area contributed by atoms with Crippen LogP contribution in [0.1, 0.15) is 21.5 Å². The van der Waals surface area contributed by atoms with Gasteiger partial charge in [-0.3, -0.25) is 4.79 Å². The monoisotopic (exact) mass is 305 g/mol. The fourth-order valence-corrected chi connectivity index (χ4v) is 2.29. The average Bonchev–Trinajstić information content (AvgIpc) is 2.87. The molecule has 0 saturated heterocycles. The first-order chi connectivity index (χ1) is 9.95. The zero-order chi connectivity index (χ0) is 15.4. The first kappa shape index (κ1) is 15.1. The van der Waals surface area contributed by atoms with Gasteiger partial charge in [0.1, 0.15) is 16.4 Å². The number of hydrogen-bond donors (Lipinski definition) is 1. The summed E-state index contributed by atoms with van der Waals surface area (Å²) in [7, 11) is 0. The van der Waals surface area contributed by atoms with E-state index in [4.69, 9.17) is 15.2 Å². The van der Waals surface area contributed by atoms with Gasteiger partial charge in [0.15, 0.2) is 6.10 Å². The van der Waals surface area contributed by atoms with Crippen molar-refractivity contribution in [3.63, 3.8) is 0 Å². The molecular formula is C15H15NO4S. The zero-order valence-electron chi connectivity index (χ0n) is 11.7. The summed E-state index contributed by atoms with van der Waals surface area (Å²) in [4.78, 5) is 24.4. The van der Waals surface area contributed by atoms with E-state index in [-0.39, 0.29) is 0 Å². The molecule has 0 aliphatic heterocycles. The quantitative estimate of drug-likeness (QED) is 0.680. The van der Waals surface area contributed by atoms with Crippen molar-refractivity contribution in [1.82, 2.24) is 0 Å². The molecule has 0 bridgehead atoms. The molecule has 2 rings (SSSR count). The van der Waals surface area contributed by atoms with Crippen molar-refractivity contribution >= 4 is 23.2 Å². The van der Waals surface area contributed by atoms with Crippen molar-refractivity contribution in [2.24, 2.45) is 5.73 Å². The molecule has 0 spiro atoms. The van der Waals surface area contributed by atoms with Crippen LogP contribution in [0.25, 0.3) is 0 Å². The van der Waals surface area contributed by atoms with E-state index in [1.807, 2.05) is 13.0 Å². The van der Waals surface area contributed by atoms with Gasteiger partial charge >= 0.3 is 5.97 Å². The van der Waals surface area contributed by atoms with E-state index < -0.39 is 18.0 Å². The third-order valence-electron chi connectivity index (χ3n) is 2.69. The van der Waals surface area contributed by atoms with Crippen molar-refractivity contribution in [2.45, 2.75) is 20.0 Å². The van der Waals surface area contributed by atoms with Crippen LogP contribution in [0, 0.1) is 6.92 Å². The van der Waals surface area contributed by atoms with Gasteiger partial charge in [-0.1, -0.05) is 0 Å². The number of primary amides is 1. The Morgan fingerprint density at radius 3 is 2.24 bits per heavy atom. The van der Waals surface area contributed by atoms with Crippen LogP contribution in [0.5, 0.6) is 11.5 Å². The Morgan fingerprint density at radius 2 is 1.71 bits per heavy atom. The molecule has 2 N–H and O–H groups in total. The maximum atomic E-state index is 11.9. The Kier molecular flexibility index (Phi) is 4.59. The summed E-state index contributed by atoms with van der Waals surface area (Å²) >= 11 is 1.38. The number of ether oxygens (including phenoxy) is 2. The lowest BCUT2D eigenvalue weighted by Crippen LogP contribution is -2.30. The van der Waals surface area contributed by atoms with Crippen molar-refractivity contribution in [1.29, 1.82) is 0 Å². The minimum Gasteiger partial charge on any atom is -0.481 e. The van der Waals surface area contributed by atoms with Gasteiger partial charge in [0, 0.05) is 4.88 Å². The van der Waals surface area contributed by atoms with E-state index in [2.05, 4.69) is 0 Å². The largest absolute Gasteiger partial charge is 0.481 e. The maximum Gasteiger partial charge on any atom is 0.353 e. The minimum absolute atomic E-state index is 0.396. The van der Waals surface area contributed by atoms with Crippen LogP contribution < -0.4 is 15.2 Å². The Labute approximate surface area is 126 Å². The zero-order valence-corrected chi connectivity index (χ0v) is 12.5. The maximum absolute atomic E-state index is 11.9. The predicted molar refractivity (Wildman–Crippen MR) is 79.7 cm³/mol. The lowest BCUT2D eigenvalue weighted by Gasteiger charge is -2.11. The molecule has 1 atom stereocenters. The lowest BCUT2D eigenvalue weighted by atomic mass is 10.3. The first-order valence-electron chi connectivity index (χ1n) is 6.30. The molecule has 0 fully saturated rings. The fraction of sp³-hybridized carbons (Fsp3) is 0.200. The fourth-order valence-electron chi connectivity index (χ4n) is 1.55. The van der Waals surface area contributed by atoms with Gasteiger partial charge in [0.25, 0.3) is 5.91 Å². The van der Waals surface area contributed by atoms with E-state index in [0.29, 0.717) is 16.4 Å². The van der Waals surface area contributed by atoms with Crippen molar-refractivity contribution < 1.29 is 19.1 Å². The average molecular weight is 305 g/mol. The number of thiophene rings is 1. The molecule has 0 radical (unpaired) electrons. The topological polar surface area (TPSA) is 78.6 Å². The lowest BCUT2D eigenvalue weighted by molar-refractivity contribution is -0.123. The number of esters is 1. The van der Waals surface area contributed by atoms with Gasteiger partial charge in [0.05, 0.1) is 0 Å². The third kappa shape index (κ3) is 4.06. The second-order valence-electron chi connectivity index (χ2n) is 4.43. The van der Waals surface area contributed by atoms with Crippen molar-refractivity contribution in [2.75, 3.05) is 0 Å². The molecule has 0 aliphatic rings. The third-order valence-corrected chi connectivity index (χ3v) is 3.67. The molecule has 1 heterocycles. The molecule has 110 valence electrons. The Hall–Kier alpha value is -2.34. The van der Waals surface area contributed by atoms with Gasteiger partial charge in [-0.05, 0) is 50.2 Å². The molecule has 1 aromatic carbocycles. The Bertz CT molecular complexity index is 648. The highest BCUT2D eigenvalue weighted by molar-refractivity contribution is 7.13. The summed E-state index contributed by atoms with van der Waals surface area (Å²) in [6, 6.07) is 10.0. The highest BCUT2D eigenvalue weighted by Gasteiger charge is 2.12. The van der Waals surface area contributed by atoms with Crippen LogP contribution in [-0.2, 0) is 4.79 Å². The number of hydrogen-bond acceptors (Lipinski definition) is 5. The van der Waals surface area contributed by atoms with E-state index >= 15 is 0 Å². The van der Waals surface area contributed by atoms with E-state index in [1.54, 1.807) is 37.3 Å². The summed E-state index contributed by atoms with van der Waals surface area (Å²) in [5.41, 5.74) is 5.11. The molecule has 21 heavy (non-hydrogen) atoms. The number of aryl methyl sites for hydroxylation is 1. The van der Waals surface area contributed by atoms with Gasteiger partial charge in [-0.15, -0.1) is 11.3 Å². The molecule has 0 aliphatic carbocycles. The molecule has 2 aromatic rings. The molecule has 1 unspecified atom stereocenters. The van der Waals surface area contributed by atoms with Crippen LogP contribution in [0.4, 0.5) is 0 Å². The summed E-state index contributed by atoms with van der Waals surface area (Å²) in [6.45, 7) is 3.49. The van der Waals surface area contributed by atoms with Crippen molar-refractivity contribution in [3.8, 4) is 11.5 Å². The standard InChI is InChI=1S/C15H15NO4S/c1-9-3-8-13(21-9)15(18)20-12-6-4-11(5-7-12)19-10(2)14(16)17/h3-8,10H,1-2H3,(H2,16,17). The summed E-state index contributed by atoms with van der Waals surface area (Å²) in [5, 5.41) is 0. The van der Waals surface area contributed by atoms with E-state index in [0.717, 1.165) is 4.88 Å². The second-order valence-corrected chi connectivity index (χ2v) is 5.72. The second kappa shape index (κ2) is 6.41. The Balaban J connectivity index is 1.99. The van der Waals surface area contributed by atoms with Gasteiger partial charge in [-0.25, -0.2) is 4.79 Å². The molecule has 5 nitrogen and oxygen atoms in total. The number of amides is 1. The number of carbonyl (C=O) groups is 2.